The molecule has 3 heteroatoms. The Morgan fingerprint density at radius 1 is 1.33 bits per heavy atom. The fourth-order valence-electron chi connectivity index (χ4n) is 1.74. The fourth-order valence-corrected chi connectivity index (χ4v) is 1.74. The monoisotopic (exact) mass is 248 g/mol. The van der Waals surface area contributed by atoms with Gasteiger partial charge in [0.1, 0.15) is 0 Å². The van der Waals surface area contributed by atoms with E-state index in [1.807, 2.05) is 19.1 Å². The molecule has 0 aliphatic carbocycles. The lowest BCUT2D eigenvalue weighted by atomic mass is 10.1. The van der Waals surface area contributed by atoms with E-state index in [0.717, 1.165) is 24.2 Å². The largest absolute Gasteiger partial charge is 0.326 e. The van der Waals surface area contributed by atoms with Gasteiger partial charge in [0.15, 0.2) is 0 Å². The molecule has 0 radical (unpaired) electrons. The smallest absolute Gasteiger partial charge is 0.225 e. The van der Waals surface area contributed by atoms with Gasteiger partial charge in [0.2, 0.25) is 5.91 Å². The van der Waals surface area contributed by atoms with Gasteiger partial charge in [-0.05, 0) is 38.8 Å². The number of aryl methyl sites for hydroxylation is 2. The predicted octanol–water partition coefficient (Wildman–Crippen LogP) is 3.02. The van der Waals surface area contributed by atoms with Gasteiger partial charge in [-0.25, -0.2) is 0 Å². The SMILES string of the molecule is CCC(C)NCCC(=O)Nc1ccc(C)cc1C. The summed E-state index contributed by atoms with van der Waals surface area (Å²) in [5.74, 6) is 0.0674. The average Bonchev–Trinajstić information content (AvgIpc) is 2.32. The predicted molar refractivity (Wildman–Crippen MR) is 76.9 cm³/mol. The molecule has 1 aromatic rings. The minimum absolute atomic E-state index is 0.0674. The van der Waals surface area contributed by atoms with Crippen LogP contribution in [0.1, 0.15) is 37.8 Å². The summed E-state index contributed by atoms with van der Waals surface area (Å²) in [5.41, 5.74) is 3.23. The van der Waals surface area contributed by atoms with Gasteiger partial charge in [-0.15, -0.1) is 0 Å². The molecule has 1 amide bonds. The van der Waals surface area contributed by atoms with Gasteiger partial charge >= 0.3 is 0 Å². The van der Waals surface area contributed by atoms with Crippen molar-refractivity contribution in [3.05, 3.63) is 29.3 Å². The quantitative estimate of drug-likeness (QED) is 0.812. The van der Waals surface area contributed by atoms with Crippen LogP contribution in [-0.4, -0.2) is 18.5 Å². The first kappa shape index (κ1) is 14.7. The molecule has 1 unspecified atom stereocenters. The molecule has 0 spiro atoms. The number of benzene rings is 1. The molecular formula is C15H24N2O. The van der Waals surface area contributed by atoms with Crippen LogP contribution in [0.2, 0.25) is 0 Å². The standard InChI is InChI=1S/C15H24N2O/c1-5-13(4)16-9-8-15(18)17-14-7-6-11(2)10-12(14)3/h6-7,10,13,16H,5,8-9H2,1-4H3,(H,17,18). The molecule has 1 atom stereocenters. The lowest BCUT2D eigenvalue weighted by Crippen LogP contribution is -2.29. The van der Waals surface area contributed by atoms with Crippen molar-refractivity contribution < 1.29 is 4.79 Å². The number of hydrogen-bond donors (Lipinski definition) is 2. The second-order valence-electron chi connectivity index (χ2n) is 4.88. The Morgan fingerprint density at radius 3 is 2.67 bits per heavy atom. The molecule has 0 aromatic heterocycles. The van der Waals surface area contributed by atoms with E-state index in [0.29, 0.717) is 12.5 Å². The third kappa shape index (κ3) is 4.88. The third-order valence-electron chi connectivity index (χ3n) is 3.11. The topological polar surface area (TPSA) is 41.1 Å². The van der Waals surface area contributed by atoms with Gasteiger partial charge in [-0.1, -0.05) is 24.6 Å². The van der Waals surface area contributed by atoms with Crippen LogP contribution in [0, 0.1) is 13.8 Å². The van der Waals surface area contributed by atoms with E-state index in [9.17, 15) is 4.79 Å². The summed E-state index contributed by atoms with van der Waals surface area (Å²) in [6.45, 7) is 9.05. The molecule has 0 bridgehead atoms. The highest BCUT2D eigenvalue weighted by molar-refractivity contribution is 5.91. The van der Waals surface area contributed by atoms with Crippen molar-refractivity contribution in [2.75, 3.05) is 11.9 Å². The normalized spacial score (nSPS) is 12.2. The summed E-state index contributed by atoms with van der Waals surface area (Å²) in [6, 6.07) is 6.52. The molecule has 0 aliphatic heterocycles. The number of carbonyl (C=O) groups is 1. The molecule has 0 saturated heterocycles. The second kappa shape index (κ2) is 7.17. The van der Waals surface area contributed by atoms with Crippen LogP contribution in [0.25, 0.3) is 0 Å². The maximum atomic E-state index is 11.8. The molecule has 0 aliphatic rings. The van der Waals surface area contributed by atoms with E-state index in [1.54, 1.807) is 0 Å². The Bertz CT molecular complexity index is 401. The maximum absolute atomic E-state index is 11.8. The van der Waals surface area contributed by atoms with Crippen molar-refractivity contribution >= 4 is 11.6 Å². The van der Waals surface area contributed by atoms with Crippen LogP contribution in [0.5, 0.6) is 0 Å². The number of anilines is 1. The number of amides is 1. The van der Waals surface area contributed by atoms with Gasteiger partial charge in [-0.3, -0.25) is 4.79 Å². The summed E-state index contributed by atoms with van der Waals surface area (Å²) < 4.78 is 0. The first-order valence-electron chi connectivity index (χ1n) is 6.63. The third-order valence-corrected chi connectivity index (χ3v) is 3.11. The molecule has 18 heavy (non-hydrogen) atoms. The van der Waals surface area contributed by atoms with Crippen molar-refractivity contribution in [2.24, 2.45) is 0 Å². The van der Waals surface area contributed by atoms with Crippen molar-refractivity contribution in [3.63, 3.8) is 0 Å². The van der Waals surface area contributed by atoms with Crippen LogP contribution in [-0.2, 0) is 4.79 Å². The van der Waals surface area contributed by atoms with Crippen LogP contribution >= 0.6 is 0 Å². The van der Waals surface area contributed by atoms with Crippen molar-refractivity contribution in [3.8, 4) is 0 Å². The fraction of sp³-hybridized carbons (Fsp3) is 0.533. The first-order chi connectivity index (χ1) is 8.52. The van der Waals surface area contributed by atoms with Gasteiger partial charge in [-0.2, -0.15) is 0 Å². The summed E-state index contributed by atoms with van der Waals surface area (Å²) in [4.78, 5) is 11.8. The van der Waals surface area contributed by atoms with Crippen LogP contribution in [0.4, 0.5) is 5.69 Å². The molecule has 0 heterocycles. The molecule has 1 rings (SSSR count). The highest BCUT2D eigenvalue weighted by Gasteiger charge is 2.05. The minimum Gasteiger partial charge on any atom is -0.326 e. The van der Waals surface area contributed by atoms with Crippen molar-refractivity contribution in [2.45, 2.75) is 46.6 Å². The van der Waals surface area contributed by atoms with Crippen molar-refractivity contribution in [1.82, 2.24) is 5.32 Å². The zero-order valence-corrected chi connectivity index (χ0v) is 11.8. The molecular weight excluding hydrogens is 224 g/mol. The van der Waals surface area contributed by atoms with E-state index >= 15 is 0 Å². The Kier molecular flexibility index (Phi) is 5.86. The number of hydrogen-bond acceptors (Lipinski definition) is 2. The van der Waals surface area contributed by atoms with Crippen LogP contribution in [0.15, 0.2) is 18.2 Å². The van der Waals surface area contributed by atoms with Gasteiger partial charge < -0.3 is 10.6 Å². The zero-order chi connectivity index (χ0) is 13.5. The van der Waals surface area contributed by atoms with E-state index in [2.05, 4.69) is 37.5 Å². The van der Waals surface area contributed by atoms with E-state index in [-0.39, 0.29) is 5.91 Å². The van der Waals surface area contributed by atoms with E-state index in [1.165, 1.54) is 5.56 Å². The highest BCUT2D eigenvalue weighted by Crippen LogP contribution is 2.15. The van der Waals surface area contributed by atoms with Crippen LogP contribution < -0.4 is 10.6 Å². The summed E-state index contributed by atoms with van der Waals surface area (Å²) >= 11 is 0. The number of nitrogens with one attached hydrogen (secondary N) is 2. The van der Waals surface area contributed by atoms with Gasteiger partial charge in [0, 0.05) is 24.7 Å². The zero-order valence-electron chi connectivity index (χ0n) is 11.8. The Balaban J connectivity index is 2.40. The lowest BCUT2D eigenvalue weighted by Gasteiger charge is -2.12. The van der Waals surface area contributed by atoms with Gasteiger partial charge in [0.05, 0.1) is 0 Å². The summed E-state index contributed by atoms with van der Waals surface area (Å²) in [5, 5.41) is 6.26. The molecule has 3 nitrogen and oxygen atoms in total. The lowest BCUT2D eigenvalue weighted by molar-refractivity contribution is -0.116. The Hall–Kier alpha value is -1.35. The maximum Gasteiger partial charge on any atom is 0.225 e. The molecule has 0 saturated carbocycles. The summed E-state index contributed by atoms with van der Waals surface area (Å²) in [7, 11) is 0. The molecule has 1 aromatic carbocycles. The Labute approximate surface area is 110 Å². The molecule has 0 fully saturated rings. The molecule has 100 valence electrons. The number of rotatable bonds is 6. The first-order valence-corrected chi connectivity index (χ1v) is 6.63. The minimum atomic E-state index is 0.0674. The van der Waals surface area contributed by atoms with Crippen LogP contribution in [0.3, 0.4) is 0 Å². The van der Waals surface area contributed by atoms with E-state index in [4.69, 9.17) is 0 Å². The van der Waals surface area contributed by atoms with Crippen molar-refractivity contribution in [1.29, 1.82) is 0 Å². The average molecular weight is 248 g/mol. The molecule has 2 N–H and O–H groups in total. The van der Waals surface area contributed by atoms with Gasteiger partial charge in [0.25, 0.3) is 0 Å². The Morgan fingerprint density at radius 2 is 2.06 bits per heavy atom. The summed E-state index contributed by atoms with van der Waals surface area (Å²) in [6.07, 6.45) is 1.59. The van der Waals surface area contributed by atoms with E-state index < -0.39 is 0 Å². The second-order valence-corrected chi connectivity index (χ2v) is 4.88. The highest BCUT2D eigenvalue weighted by atomic mass is 16.1. The number of carbonyl (C=O) groups excluding carboxylic acids is 1.